The van der Waals surface area contributed by atoms with Crippen molar-refractivity contribution in [1.29, 1.82) is 0 Å². The Hall–Kier alpha value is -3.65. The molecular formula is C23H20F4N6O3S. The molecule has 14 heteroatoms. The predicted octanol–water partition coefficient (Wildman–Crippen LogP) is 3.29. The number of hydrogen-bond acceptors (Lipinski definition) is 6. The first-order chi connectivity index (χ1) is 17.5. The molecule has 9 nitrogen and oxygen atoms in total. The number of nitrogens with one attached hydrogen (secondary N) is 1. The van der Waals surface area contributed by atoms with E-state index in [2.05, 4.69) is 20.3 Å². The molecule has 37 heavy (non-hydrogen) atoms. The first-order valence-electron chi connectivity index (χ1n) is 11.3. The van der Waals surface area contributed by atoms with Gasteiger partial charge in [-0.2, -0.15) is 17.5 Å². The van der Waals surface area contributed by atoms with Crippen LogP contribution < -0.4 is 5.56 Å². The molecule has 0 atom stereocenters. The van der Waals surface area contributed by atoms with Gasteiger partial charge in [0.05, 0.1) is 17.0 Å². The van der Waals surface area contributed by atoms with Crippen molar-refractivity contribution >= 4 is 21.2 Å². The van der Waals surface area contributed by atoms with Crippen molar-refractivity contribution in [1.82, 2.24) is 29.3 Å². The number of nitrogens with zero attached hydrogens (tertiary/aromatic N) is 5. The smallest absolute Gasteiger partial charge is 0.308 e. The van der Waals surface area contributed by atoms with Crippen LogP contribution in [-0.2, 0) is 22.7 Å². The van der Waals surface area contributed by atoms with E-state index in [0.29, 0.717) is 24.7 Å². The fourth-order valence-corrected chi connectivity index (χ4v) is 5.81. The average Bonchev–Trinajstić information content (AvgIpc) is 3.28. The number of fused-ring (bicyclic) bond motifs is 1. The highest BCUT2D eigenvalue weighted by molar-refractivity contribution is 7.89. The van der Waals surface area contributed by atoms with E-state index in [1.54, 1.807) is 12.1 Å². The van der Waals surface area contributed by atoms with E-state index in [4.69, 9.17) is 0 Å². The third-order valence-corrected chi connectivity index (χ3v) is 8.17. The van der Waals surface area contributed by atoms with Gasteiger partial charge in [-0.3, -0.25) is 4.79 Å². The molecule has 1 N–H and O–H groups in total. The lowest BCUT2D eigenvalue weighted by Gasteiger charge is -2.30. The minimum Gasteiger partial charge on any atom is -0.308 e. The van der Waals surface area contributed by atoms with Crippen LogP contribution in [0.4, 0.5) is 17.6 Å². The molecule has 5 rings (SSSR count). The third-order valence-electron chi connectivity index (χ3n) is 6.28. The van der Waals surface area contributed by atoms with Crippen LogP contribution in [0, 0.1) is 5.82 Å². The number of aromatic amines is 1. The summed E-state index contributed by atoms with van der Waals surface area (Å²) in [5.41, 5.74) is -0.531. The summed E-state index contributed by atoms with van der Waals surface area (Å²) in [5, 5.41) is 7.87. The second-order valence-corrected chi connectivity index (χ2v) is 10.6. The fourth-order valence-electron chi connectivity index (χ4n) is 4.30. The lowest BCUT2D eigenvalue weighted by atomic mass is 9.97. The number of hydrogen-bond donors (Lipinski definition) is 1. The molecule has 0 amide bonds. The van der Waals surface area contributed by atoms with Gasteiger partial charge in [-0.05, 0) is 48.7 Å². The van der Waals surface area contributed by atoms with Crippen molar-refractivity contribution in [3.63, 3.8) is 0 Å². The minimum absolute atomic E-state index is 0.0374. The van der Waals surface area contributed by atoms with Gasteiger partial charge >= 0.3 is 6.18 Å². The van der Waals surface area contributed by atoms with Crippen molar-refractivity contribution in [3.05, 3.63) is 81.7 Å². The Kier molecular flexibility index (Phi) is 6.31. The summed E-state index contributed by atoms with van der Waals surface area (Å²) in [6.07, 6.45) is -4.06. The molecule has 1 aliphatic heterocycles. The molecule has 3 heterocycles. The standard InChI is InChI=1S/C23H20F4N6O3S/c24-17-6-4-14(5-7-17)13-33-21-19(30-31-33)22(34)29-20(28-21)15-8-10-32(11-9-15)37(35,36)18-3-1-2-16(12-18)23(25,26)27/h1-7,12,15H,8-11,13H2,(H,28,29,34). The van der Waals surface area contributed by atoms with Crippen LogP contribution in [0.2, 0.25) is 0 Å². The summed E-state index contributed by atoms with van der Waals surface area (Å²) >= 11 is 0. The Labute approximate surface area is 207 Å². The molecule has 1 fully saturated rings. The zero-order chi connectivity index (χ0) is 26.4. The van der Waals surface area contributed by atoms with Crippen molar-refractivity contribution in [2.75, 3.05) is 13.1 Å². The highest BCUT2D eigenvalue weighted by Gasteiger charge is 2.35. The lowest BCUT2D eigenvalue weighted by Crippen LogP contribution is -2.38. The highest BCUT2D eigenvalue weighted by Crippen LogP contribution is 2.33. The van der Waals surface area contributed by atoms with Crippen LogP contribution in [0.1, 0.15) is 35.7 Å². The van der Waals surface area contributed by atoms with Gasteiger partial charge in [0.15, 0.2) is 11.2 Å². The quantitative estimate of drug-likeness (QED) is 0.392. The van der Waals surface area contributed by atoms with E-state index in [1.165, 1.54) is 16.8 Å². The second-order valence-electron chi connectivity index (χ2n) is 8.70. The maximum Gasteiger partial charge on any atom is 0.416 e. The number of rotatable bonds is 5. The molecule has 0 unspecified atom stereocenters. The normalized spacial score (nSPS) is 15.9. The van der Waals surface area contributed by atoms with Crippen LogP contribution in [0.25, 0.3) is 11.2 Å². The lowest BCUT2D eigenvalue weighted by molar-refractivity contribution is -0.137. The Morgan fingerprint density at radius 2 is 1.76 bits per heavy atom. The number of piperidine rings is 1. The van der Waals surface area contributed by atoms with E-state index < -0.39 is 32.2 Å². The van der Waals surface area contributed by atoms with Crippen molar-refractivity contribution < 1.29 is 26.0 Å². The number of sulfonamides is 1. The van der Waals surface area contributed by atoms with E-state index in [0.717, 1.165) is 28.1 Å². The summed E-state index contributed by atoms with van der Waals surface area (Å²) in [4.78, 5) is 19.4. The van der Waals surface area contributed by atoms with Gasteiger partial charge in [0, 0.05) is 19.0 Å². The number of alkyl halides is 3. The largest absolute Gasteiger partial charge is 0.416 e. The first-order valence-corrected chi connectivity index (χ1v) is 12.7. The number of benzene rings is 2. The van der Waals surface area contributed by atoms with Crippen LogP contribution in [0.3, 0.4) is 0 Å². The maximum atomic E-state index is 13.2. The Balaban J connectivity index is 1.35. The van der Waals surface area contributed by atoms with Crippen molar-refractivity contribution in [2.24, 2.45) is 0 Å². The second kappa shape index (κ2) is 9.34. The zero-order valence-electron chi connectivity index (χ0n) is 19.1. The average molecular weight is 537 g/mol. The number of aromatic nitrogens is 5. The predicted molar refractivity (Wildman–Crippen MR) is 124 cm³/mol. The molecule has 1 aliphatic rings. The molecule has 0 spiro atoms. The van der Waals surface area contributed by atoms with Gasteiger partial charge < -0.3 is 4.98 Å². The molecule has 0 bridgehead atoms. The molecule has 0 aliphatic carbocycles. The fraction of sp³-hybridized carbons (Fsp3) is 0.304. The van der Waals surface area contributed by atoms with Gasteiger partial charge in [0.25, 0.3) is 5.56 Å². The molecule has 0 radical (unpaired) electrons. The summed E-state index contributed by atoms with van der Waals surface area (Å²) < 4.78 is 80.9. The molecule has 194 valence electrons. The van der Waals surface area contributed by atoms with Gasteiger partial charge in [-0.25, -0.2) is 22.5 Å². The van der Waals surface area contributed by atoms with Crippen molar-refractivity contribution in [3.8, 4) is 0 Å². The SMILES string of the molecule is O=c1[nH]c(C2CCN(S(=O)(=O)c3cccc(C(F)(F)F)c3)CC2)nc2c1nnn2Cc1ccc(F)cc1. The molecule has 4 aromatic rings. The zero-order valence-corrected chi connectivity index (χ0v) is 19.9. The van der Waals surface area contributed by atoms with Crippen LogP contribution in [0.5, 0.6) is 0 Å². The van der Waals surface area contributed by atoms with Gasteiger partial charge in [-0.1, -0.05) is 23.4 Å². The van der Waals surface area contributed by atoms with Crippen LogP contribution in [0.15, 0.2) is 58.2 Å². The van der Waals surface area contributed by atoms with Gasteiger partial charge in [-0.15, -0.1) is 5.10 Å². The van der Waals surface area contributed by atoms with E-state index in [9.17, 15) is 30.8 Å². The Morgan fingerprint density at radius 3 is 2.43 bits per heavy atom. The summed E-state index contributed by atoms with van der Waals surface area (Å²) in [6, 6.07) is 9.43. The molecule has 2 aromatic heterocycles. The summed E-state index contributed by atoms with van der Waals surface area (Å²) in [6.45, 7) is 0.288. The Morgan fingerprint density at radius 1 is 1.05 bits per heavy atom. The third kappa shape index (κ3) is 4.98. The molecule has 0 saturated carbocycles. The first kappa shape index (κ1) is 25.0. The van der Waals surface area contributed by atoms with Gasteiger partial charge in [0.2, 0.25) is 10.0 Å². The summed E-state index contributed by atoms with van der Waals surface area (Å²) in [5.74, 6) is -0.332. The molecule has 1 saturated heterocycles. The number of H-pyrrole nitrogens is 1. The summed E-state index contributed by atoms with van der Waals surface area (Å²) in [7, 11) is -4.14. The molecular weight excluding hydrogens is 516 g/mol. The van der Waals surface area contributed by atoms with E-state index in [1.807, 2.05) is 0 Å². The number of halogens is 4. The Bertz CT molecular complexity index is 1610. The monoisotopic (exact) mass is 536 g/mol. The van der Waals surface area contributed by atoms with Gasteiger partial charge in [0.1, 0.15) is 11.6 Å². The van der Waals surface area contributed by atoms with Crippen LogP contribution in [-0.4, -0.2) is 50.8 Å². The minimum atomic E-state index is -4.66. The van der Waals surface area contributed by atoms with E-state index >= 15 is 0 Å². The van der Waals surface area contributed by atoms with Crippen molar-refractivity contribution in [2.45, 2.75) is 36.4 Å². The van der Waals surface area contributed by atoms with Crippen LogP contribution >= 0.6 is 0 Å². The topological polar surface area (TPSA) is 114 Å². The molecule has 2 aromatic carbocycles. The van der Waals surface area contributed by atoms with E-state index in [-0.39, 0.29) is 42.5 Å². The highest BCUT2D eigenvalue weighted by atomic mass is 32.2. The maximum absolute atomic E-state index is 13.2.